The molecule has 1 aliphatic heterocycles. The Morgan fingerprint density at radius 1 is 1.43 bits per heavy atom. The van der Waals surface area contributed by atoms with Gasteiger partial charge in [-0.05, 0) is 39.2 Å². The molecule has 0 aliphatic carbocycles. The predicted molar refractivity (Wildman–Crippen MR) is 78.1 cm³/mol. The lowest BCUT2D eigenvalue weighted by molar-refractivity contribution is 0.0800. The molecule has 6 nitrogen and oxygen atoms in total. The van der Waals surface area contributed by atoms with Crippen LogP contribution in [0, 0.1) is 13.8 Å². The topological polar surface area (TPSA) is 83.7 Å². The van der Waals surface area contributed by atoms with Crippen molar-refractivity contribution in [3.63, 3.8) is 0 Å². The number of furan rings is 1. The van der Waals surface area contributed by atoms with E-state index < -0.39 is 6.10 Å². The Labute approximate surface area is 124 Å². The average molecular weight is 296 g/mol. The van der Waals surface area contributed by atoms with Crippen LogP contribution in [-0.4, -0.2) is 36.9 Å². The fraction of sp³-hybridized carbons (Fsp3) is 0.667. The highest BCUT2D eigenvalue weighted by Crippen LogP contribution is 2.23. The van der Waals surface area contributed by atoms with Crippen LogP contribution in [0.15, 0.2) is 10.5 Å². The molecule has 1 fully saturated rings. The van der Waals surface area contributed by atoms with Gasteiger partial charge in [-0.1, -0.05) is 0 Å². The van der Waals surface area contributed by atoms with Gasteiger partial charge in [0.25, 0.3) is 0 Å². The second-order valence-corrected chi connectivity index (χ2v) is 5.46. The SMILES string of the molecule is Cc1cc([C@H](O)CCNC(=O)NC2CCOCC2)c(C)o1. The van der Waals surface area contributed by atoms with E-state index >= 15 is 0 Å². The summed E-state index contributed by atoms with van der Waals surface area (Å²) in [5.41, 5.74) is 0.791. The summed E-state index contributed by atoms with van der Waals surface area (Å²) in [5.74, 6) is 1.51. The maximum absolute atomic E-state index is 11.7. The third-order valence-electron chi connectivity index (χ3n) is 3.70. The number of carbonyl (C=O) groups is 1. The minimum absolute atomic E-state index is 0.183. The number of ether oxygens (including phenoxy) is 1. The Hall–Kier alpha value is -1.53. The summed E-state index contributed by atoms with van der Waals surface area (Å²) in [4.78, 5) is 11.7. The number of carbonyl (C=O) groups excluding carboxylic acids is 1. The quantitative estimate of drug-likeness (QED) is 0.773. The molecule has 0 radical (unpaired) electrons. The predicted octanol–water partition coefficient (Wildman–Crippen LogP) is 1.80. The molecule has 1 atom stereocenters. The standard InChI is InChI=1S/C15H24N2O4/c1-10-9-13(11(2)21-10)14(18)3-6-16-15(19)17-12-4-7-20-8-5-12/h9,12,14,18H,3-8H2,1-2H3,(H2,16,17,19)/t14-/m1/s1. The van der Waals surface area contributed by atoms with Crippen molar-refractivity contribution in [2.24, 2.45) is 0 Å². The highest BCUT2D eigenvalue weighted by Gasteiger charge is 2.17. The summed E-state index contributed by atoms with van der Waals surface area (Å²) in [7, 11) is 0. The molecule has 2 amide bonds. The first kappa shape index (κ1) is 15.9. The van der Waals surface area contributed by atoms with Crippen molar-refractivity contribution in [1.29, 1.82) is 0 Å². The van der Waals surface area contributed by atoms with Crippen molar-refractivity contribution < 1.29 is 19.1 Å². The highest BCUT2D eigenvalue weighted by molar-refractivity contribution is 5.74. The number of nitrogens with one attached hydrogen (secondary N) is 2. The van der Waals surface area contributed by atoms with E-state index in [-0.39, 0.29) is 12.1 Å². The van der Waals surface area contributed by atoms with E-state index in [1.807, 2.05) is 19.9 Å². The van der Waals surface area contributed by atoms with E-state index in [9.17, 15) is 9.90 Å². The molecule has 0 bridgehead atoms. The maximum atomic E-state index is 11.7. The van der Waals surface area contributed by atoms with Gasteiger partial charge in [0.2, 0.25) is 0 Å². The van der Waals surface area contributed by atoms with Crippen LogP contribution in [0.4, 0.5) is 4.79 Å². The van der Waals surface area contributed by atoms with E-state index in [4.69, 9.17) is 9.15 Å². The molecule has 21 heavy (non-hydrogen) atoms. The van der Waals surface area contributed by atoms with Gasteiger partial charge in [0.05, 0.1) is 6.10 Å². The third kappa shape index (κ3) is 4.75. The summed E-state index contributed by atoms with van der Waals surface area (Å²) < 4.78 is 10.6. The normalized spacial score (nSPS) is 17.5. The fourth-order valence-electron chi connectivity index (χ4n) is 2.54. The third-order valence-corrected chi connectivity index (χ3v) is 3.70. The summed E-state index contributed by atoms with van der Waals surface area (Å²) in [6.07, 6.45) is 1.54. The van der Waals surface area contributed by atoms with Gasteiger partial charge in [-0.25, -0.2) is 4.79 Å². The number of rotatable bonds is 5. The molecule has 1 saturated heterocycles. The molecule has 118 valence electrons. The molecule has 0 unspecified atom stereocenters. The molecule has 2 heterocycles. The number of urea groups is 1. The van der Waals surface area contributed by atoms with Gasteiger partial charge in [0.1, 0.15) is 11.5 Å². The highest BCUT2D eigenvalue weighted by atomic mass is 16.5. The Kier molecular flexibility index (Phi) is 5.64. The van der Waals surface area contributed by atoms with Crippen molar-refractivity contribution in [2.45, 2.75) is 45.3 Å². The monoisotopic (exact) mass is 296 g/mol. The van der Waals surface area contributed by atoms with Crippen LogP contribution < -0.4 is 10.6 Å². The molecule has 1 aromatic heterocycles. The largest absolute Gasteiger partial charge is 0.466 e. The van der Waals surface area contributed by atoms with Gasteiger partial charge in [0, 0.05) is 31.4 Å². The van der Waals surface area contributed by atoms with E-state index in [0.717, 1.165) is 29.9 Å². The number of amides is 2. The van der Waals surface area contributed by atoms with E-state index in [1.165, 1.54) is 0 Å². The van der Waals surface area contributed by atoms with Crippen LogP contribution in [0.5, 0.6) is 0 Å². The second-order valence-electron chi connectivity index (χ2n) is 5.46. The first-order chi connectivity index (χ1) is 10.1. The summed E-state index contributed by atoms with van der Waals surface area (Å²) >= 11 is 0. The Balaban J connectivity index is 1.68. The Bertz CT molecular complexity index is 466. The minimum atomic E-state index is -0.620. The Morgan fingerprint density at radius 3 is 2.76 bits per heavy atom. The van der Waals surface area contributed by atoms with Crippen molar-refractivity contribution in [1.82, 2.24) is 10.6 Å². The number of hydrogen-bond acceptors (Lipinski definition) is 4. The molecule has 0 spiro atoms. The second kappa shape index (κ2) is 7.47. The number of aryl methyl sites for hydroxylation is 2. The number of aliphatic hydroxyl groups is 1. The van der Waals surface area contributed by atoms with Gasteiger partial charge in [-0.2, -0.15) is 0 Å². The molecule has 3 N–H and O–H groups in total. The summed E-state index contributed by atoms with van der Waals surface area (Å²) in [6.45, 7) is 5.49. The zero-order chi connectivity index (χ0) is 15.2. The smallest absolute Gasteiger partial charge is 0.315 e. The van der Waals surface area contributed by atoms with E-state index in [2.05, 4.69) is 10.6 Å². The Morgan fingerprint density at radius 2 is 2.14 bits per heavy atom. The van der Waals surface area contributed by atoms with Crippen LogP contribution in [-0.2, 0) is 4.74 Å². The van der Waals surface area contributed by atoms with Gasteiger partial charge in [-0.3, -0.25) is 0 Å². The maximum Gasteiger partial charge on any atom is 0.315 e. The van der Waals surface area contributed by atoms with Crippen molar-refractivity contribution in [2.75, 3.05) is 19.8 Å². The molecule has 1 aromatic rings. The van der Waals surface area contributed by atoms with Crippen molar-refractivity contribution in [3.05, 3.63) is 23.2 Å². The van der Waals surface area contributed by atoms with Crippen LogP contribution in [0.2, 0.25) is 0 Å². The van der Waals surface area contributed by atoms with Gasteiger partial charge in [-0.15, -0.1) is 0 Å². The van der Waals surface area contributed by atoms with Gasteiger partial charge >= 0.3 is 6.03 Å². The molecule has 2 rings (SSSR count). The van der Waals surface area contributed by atoms with E-state index in [0.29, 0.717) is 26.2 Å². The summed E-state index contributed by atoms with van der Waals surface area (Å²) in [6, 6.07) is 1.83. The molecule has 1 aliphatic rings. The van der Waals surface area contributed by atoms with Crippen LogP contribution in [0.3, 0.4) is 0 Å². The molecule has 0 saturated carbocycles. The lowest BCUT2D eigenvalue weighted by atomic mass is 10.1. The van der Waals surface area contributed by atoms with Gasteiger partial charge < -0.3 is 24.9 Å². The first-order valence-corrected chi connectivity index (χ1v) is 7.43. The lowest BCUT2D eigenvalue weighted by Crippen LogP contribution is -2.44. The number of aliphatic hydroxyl groups excluding tert-OH is 1. The number of hydrogen-bond donors (Lipinski definition) is 3. The summed E-state index contributed by atoms with van der Waals surface area (Å²) in [5, 5.41) is 15.8. The molecular formula is C15H24N2O4. The fourth-order valence-corrected chi connectivity index (χ4v) is 2.54. The zero-order valence-electron chi connectivity index (χ0n) is 12.6. The van der Waals surface area contributed by atoms with Crippen molar-refractivity contribution >= 4 is 6.03 Å². The minimum Gasteiger partial charge on any atom is -0.466 e. The average Bonchev–Trinajstić information content (AvgIpc) is 2.79. The van der Waals surface area contributed by atoms with Crippen molar-refractivity contribution in [3.8, 4) is 0 Å². The first-order valence-electron chi connectivity index (χ1n) is 7.43. The van der Waals surface area contributed by atoms with Gasteiger partial charge in [0.15, 0.2) is 0 Å². The zero-order valence-corrected chi connectivity index (χ0v) is 12.6. The van der Waals surface area contributed by atoms with Crippen LogP contribution in [0.1, 0.15) is 42.5 Å². The van der Waals surface area contributed by atoms with E-state index in [1.54, 1.807) is 0 Å². The molecule has 6 heteroatoms. The van der Waals surface area contributed by atoms with Crippen LogP contribution in [0.25, 0.3) is 0 Å². The molecular weight excluding hydrogens is 272 g/mol. The van der Waals surface area contributed by atoms with Crippen LogP contribution >= 0.6 is 0 Å². The lowest BCUT2D eigenvalue weighted by Gasteiger charge is -2.23. The molecule has 0 aromatic carbocycles.